The van der Waals surface area contributed by atoms with Crippen LogP contribution in [0.1, 0.15) is 28.8 Å². The van der Waals surface area contributed by atoms with Crippen molar-refractivity contribution in [2.75, 3.05) is 20.7 Å². The first kappa shape index (κ1) is 21.7. The quantitative estimate of drug-likeness (QED) is 0.366. The van der Waals surface area contributed by atoms with Gasteiger partial charge in [-0.25, -0.2) is 4.98 Å². The number of hydrogen-bond acceptors (Lipinski definition) is 4. The molecule has 0 fully saturated rings. The minimum Gasteiger partial charge on any atom is -0.496 e. The van der Waals surface area contributed by atoms with Gasteiger partial charge in [0, 0.05) is 19.0 Å². The van der Waals surface area contributed by atoms with Gasteiger partial charge in [0.1, 0.15) is 5.75 Å². The van der Waals surface area contributed by atoms with Crippen molar-refractivity contribution in [3.63, 3.8) is 0 Å². The van der Waals surface area contributed by atoms with E-state index in [4.69, 9.17) is 4.74 Å². The Labute approximate surface area is 171 Å². The molecular weight excluding hydrogens is 447 g/mol. The predicted molar refractivity (Wildman–Crippen MR) is 117 cm³/mol. The second kappa shape index (κ2) is 11.3. The van der Waals surface area contributed by atoms with E-state index in [1.54, 1.807) is 25.5 Å². The van der Waals surface area contributed by atoms with Crippen molar-refractivity contribution < 1.29 is 4.74 Å². The van der Waals surface area contributed by atoms with E-state index in [0.29, 0.717) is 6.54 Å². The molecule has 0 radical (unpaired) electrons. The van der Waals surface area contributed by atoms with E-state index in [-0.39, 0.29) is 24.0 Å². The maximum absolute atomic E-state index is 5.42. The summed E-state index contributed by atoms with van der Waals surface area (Å²) in [5.74, 6) is 1.72. The summed E-state index contributed by atoms with van der Waals surface area (Å²) in [5, 5.41) is 9.90. The SMILES string of the molecule is CCc1nc(CNC(=NC)NCCc2cc(C)ccc2OC)cs1.I. The van der Waals surface area contributed by atoms with Crippen molar-refractivity contribution in [2.45, 2.75) is 33.2 Å². The van der Waals surface area contributed by atoms with Gasteiger partial charge in [-0.2, -0.15) is 0 Å². The lowest BCUT2D eigenvalue weighted by atomic mass is 10.1. The van der Waals surface area contributed by atoms with E-state index >= 15 is 0 Å². The standard InChI is InChI=1S/C18H26N4OS.HI/c1-5-17-22-15(12-24-17)11-21-18(19-3)20-9-8-14-10-13(2)6-7-16(14)23-4;/h6-7,10,12H,5,8-9,11H2,1-4H3,(H2,19,20,21);1H. The third-order valence-corrected chi connectivity index (χ3v) is 4.73. The number of hydrogen-bond donors (Lipinski definition) is 2. The highest BCUT2D eigenvalue weighted by atomic mass is 127. The average Bonchev–Trinajstić information content (AvgIpc) is 3.06. The Hall–Kier alpha value is -1.35. The Kier molecular flexibility index (Phi) is 9.81. The number of ether oxygens (including phenoxy) is 1. The molecule has 25 heavy (non-hydrogen) atoms. The van der Waals surface area contributed by atoms with E-state index < -0.39 is 0 Å². The summed E-state index contributed by atoms with van der Waals surface area (Å²) >= 11 is 1.70. The molecule has 0 saturated heterocycles. The molecule has 0 amide bonds. The Morgan fingerprint density at radius 2 is 2.12 bits per heavy atom. The van der Waals surface area contributed by atoms with Gasteiger partial charge in [-0.15, -0.1) is 35.3 Å². The number of aliphatic imine (C=N–C) groups is 1. The van der Waals surface area contributed by atoms with E-state index in [1.165, 1.54) is 16.1 Å². The number of nitrogens with zero attached hydrogens (tertiary/aromatic N) is 2. The molecule has 0 aliphatic heterocycles. The Morgan fingerprint density at radius 1 is 1.32 bits per heavy atom. The first-order chi connectivity index (χ1) is 11.7. The summed E-state index contributed by atoms with van der Waals surface area (Å²) in [5.41, 5.74) is 3.50. The van der Waals surface area contributed by atoms with E-state index in [1.807, 2.05) is 6.07 Å². The van der Waals surface area contributed by atoms with Crippen molar-refractivity contribution in [3.05, 3.63) is 45.4 Å². The van der Waals surface area contributed by atoms with Gasteiger partial charge in [0.05, 0.1) is 24.4 Å². The Balaban J connectivity index is 0.00000312. The molecule has 1 aromatic carbocycles. The van der Waals surface area contributed by atoms with E-state index in [9.17, 15) is 0 Å². The number of nitrogens with one attached hydrogen (secondary N) is 2. The zero-order valence-corrected chi connectivity index (χ0v) is 18.4. The summed E-state index contributed by atoms with van der Waals surface area (Å²) in [6.07, 6.45) is 1.86. The summed E-state index contributed by atoms with van der Waals surface area (Å²) in [6.45, 7) is 5.69. The highest BCUT2D eigenvalue weighted by Gasteiger charge is 2.05. The van der Waals surface area contributed by atoms with Crippen molar-refractivity contribution in [2.24, 2.45) is 4.99 Å². The lowest BCUT2D eigenvalue weighted by Crippen LogP contribution is -2.38. The van der Waals surface area contributed by atoms with Crippen molar-refractivity contribution >= 4 is 41.3 Å². The largest absolute Gasteiger partial charge is 0.496 e. The van der Waals surface area contributed by atoms with Gasteiger partial charge in [-0.1, -0.05) is 24.6 Å². The number of thiazole rings is 1. The van der Waals surface area contributed by atoms with Crippen molar-refractivity contribution in [1.82, 2.24) is 15.6 Å². The summed E-state index contributed by atoms with van der Waals surface area (Å²) in [7, 11) is 3.49. The van der Waals surface area contributed by atoms with Gasteiger partial charge >= 0.3 is 0 Å². The zero-order valence-electron chi connectivity index (χ0n) is 15.3. The molecule has 0 atom stereocenters. The summed E-state index contributed by atoms with van der Waals surface area (Å²) in [4.78, 5) is 8.81. The first-order valence-electron chi connectivity index (χ1n) is 8.17. The monoisotopic (exact) mass is 474 g/mol. The fourth-order valence-electron chi connectivity index (χ4n) is 2.41. The first-order valence-corrected chi connectivity index (χ1v) is 9.05. The molecular formula is C18H27IN4OS. The lowest BCUT2D eigenvalue weighted by Gasteiger charge is -2.13. The minimum atomic E-state index is 0. The molecule has 0 spiro atoms. The molecule has 1 aromatic heterocycles. The molecule has 0 unspecified atom stereocenters. The third-order valence-electron chi connectivity index (χ3n) is 3.69. The summed E-state index contributed by atoms with van der Waals surface area (Å²) < 4.78 is 5.42. The van der Waals surface area contributed by atoms with Gasteiger partial charge < -0.3 is 15.4 Å². The smallest absolute Gasteiger partial charge is 0.191 e. The molecule has 0 aliphatic carbocycles. The number of halogens is 1. The number of aromatic nitrogens is 1. The zero-order chi connectivity index (χ0) is 17.4. The molecule has 2 rings (SSSR count). The van der Waals surface area contributed by atoms with Crippen LogP contribution in [-0.4, -0.2) is 31.6 Å². The highest BCUT2D eigenvalue weighted by Crippen LogP contribution is 2.19. The molecule has 0 aliphatic rings. The molecule has 0 bridgehead atoms. The number of methoxy groups -OCH3 is 1. The minimum absolute atomic E-state index is 0. The Morgan fingerprint density at radius 3 is 2.76 bits per heavy atom. The van der Waals surface area contributed by atoms with Crippen LogP contribution in [-0.2, 0) is 19.4 Å². The molecule has 0 saturated carbocycles. The van der Waals surface area contributed by atoms with Crippen LogP contribution in [0.15, 0.2) is 28.6 Å². The normalized spacial score (nSPS) is 11.0. The predicted octanol–water partition coefficient (Wildman–Crippen LogP) is 3.55. The van der Waals surface area contributed by atoms with E-state index in [0.717, 1.165) is 36.8 Å². The van der Waals surface area contributed by atoms with Crippen LogP contribution in [0, 0.1) is 6.92 Å². The van der Waals surface area contributed by atoms with Crippen LogP contribution in [0.4, 0.5) is 0 Å². The molecule has 2 N–H and O–H groups in total. The second-order valence-electron chi connectivity index (χ2n) is 5.50. The fraction of sp³-hybridized carbons (Fsp3) is 0.444. The van der Waals surface area contributed by atoms with Gasteiger partial charge in [-0.05, 0) is 31.4 Å². The average molecular weight is 474 g/mol. The van der Waals surface area contributed by atoms with Crippen LogP contribution in [0.5, 0.6) is 5.75 Å². The number of benzene rings is 1. The maximum atomic E-state index is 5.42. The van der Waals surface area contributed by atoms with Crippen LogP contribution in [0.25, 0.3) is 0 Å². The second-order valence-corrected chi connectivity index (χ2v) is 6.45. The maximum Gasteiger partial charge on any atom is 0.191 e. The van der Waals surface area contributed by atoms with Gasteiger partial charge in [0.15, 0.2) is 5.96 Å². The van der Waals surface area contributed by atoms with Crippen LogP contribution in [0.2, 0.25) is 0 Å². The molecule has 138 valence electrons. The molecule has 2 aromatic rings. The molecule has 1 heterocycles. The molecule has 7 heteroatoms. The molecule has 5 nitrogen and oxygen atoms in total. The van der Waals surface area contributed by atoms with Crippen LogP contribution >= 0.6 is 35.3 Å². The van der Waals surface area contributed by atoms with Gasteiger partial charge in [-0.3, -0.25) is 4.99 Å². The topological polar surface area (TPSA) is 58.5 Å². The van der Waals surface area contributed by atoms with E-state index in [2.05, 4.69) is 52.0 Å². The van der Waals surface area contributed by atoms with Gasteiger partial charge in [0.2, 0.25) is 0 Å². The van der Waals surface area contributed by atoms with Crippen LogP contribution in [0.3, 0.4) is 0 Å². The van der Waals surface area contributed by atoms with Crippen molar-refractivity contribution in [1.29, 1.82) is 0 Å². The highest BCUT2D eigenvalue weighted by molar-refractivity contribution is 14.0. The van der Waals surface area contributed by atoms with Crippen molar-refractivity contribution in [3.8, 4) is 5.75 Å². The number of guanidine groups is 1. The summed E-state index contributed by atoms with van der Waals surface area (Å²) in [6, 6.07) is 6.25. The van der Waals surface area contributed by atoms with Crippen LogP contribution < -0.4 is 15.4 Å². The number of rotatable bonds is 7. The lowest BCUT2D eigenvalue weighted by molar-refractivity contribution is 0.409. The third kappa shape index (κ3) is 6.81. The fourth-order valence-corrected chi connectivity index (χ4v) is 3.15. The Bertz CT molecular complexity index is 687. The number of aryl methyl sites for hydroxylation is 2. The van der Waals surface area contributed by atoms with Gasteiger partial charge in [0.25, 0.3) is 0 Å².